The lowest BCUT2D eigenvalue weighted by atomic mass is 10.0. The average Bonchev–Trinajstić information content (AvgIpc) is 3.40. The number of benzene rings is 3. The summed E-state index contributed by atoms with van der Waals surface area (Å²) in [5.41, 5.74) is 6.52. The number of aromatic nitrogens is 1. The van der Waals surface area contributed by atoms with Crippen molar-refractivity contribution in [3.05, 3.63) is 83.9 Å². The number of anilines is 1. The third-order valence-electron chi connectivity index (χ3n) is 5.93. The molecule has 4 aromatic rings. The Labute approximate surface area is 245 Å². The summed E-state index contributed by atoms with van der Waals surface area (Å²) < 4.78 is 6.90. The first-order valence-corrected chi connectivity index (χ1v) is 14.5. The molecule has 0 bridgehead atoms. The SMILES string of the molecule is COc1ccc(C(=O)Nc2ccccc2C(=O)N[C@H](C(=O)NNC(=O)CSc2nc3ccccc3s2)C(C)C)cc1. The van der Waals surface area contributed by atoms with Crippen LogP contribution >= 0.6 is 23.1 Å². The van der Waals surface area contributed by atoms with Crippen molar-refractivity contribution in [1.82, 2.24) is 21.2 Å². The number of hydrazine groups is 1. The molecule has 1 heterocycles. The molecule has 1 aromatic heterocycles. The van der Waals surface area contributed by atoms with Gasteiger partial charge in [-0.05, 0) is 54.4 Å². The number of thioether (sulfide) groups is 1. The number of hydrogen-bond donors (Lipinski definition) is 4. The fraction of sp³-hybridized carbons (Fsp3) is 0.207. The lowest BCUT2D eigenvalue weighted by Gasteiger charge is -2.22. The fourth-order valence-electron chi connectivity index (χ4n) is 3.77. The zero-order chi connectivity index (χ0) is 29.4. The molecule has 0 aliphatic carbocycles. The quantitative estimate of drug-likeness (QED) is 0.160. The Morgan fingerprint density at radius 3 is 2.32 bits per heavy atom. The molecule has 1 atom stereocenters. The highest BCUT2D eigenvalue weighted by Gasteiger charge is 2.26. The summed E-state index contributed by atoms with van der Waals surface area (Å²) in [7, 11) is 1.53. The standard InChI is InChI=1S/C29H29N5O5S2/c1-17(2)25(28(38)34-33-24(35)16-40-29-31-22-10-6-7-11-23(22)41-29)32-27(37)20-8-4-5-9-21(20)30-26(36)18-12-14-19(39-3)15-13-18/h4-15,17,25H,16H2,1-3H3,(H,30,36)(H,32,37)(H,33,35)(H,34,38)/t25-/m0/s1. The number of carbonyl (C=O) groups is 4. The number of para-hydroxylation sites is 2. The topological polar surface area (TPSA) is 139 Å². The van der Waals surface area contributed by atoms with Crippen LogP contribution in [0.2, 0.25) is 0 Å². The summed E-state index contributed by atoms with van der Waals surface area (Å²) in [5.74, 6) is -1.58. The molecule has 41 heavy (non-hydrogen) atoms. The summed E-state index contributed by atoms with van der Waals surface area (Å²) in [6.45, 7) is 3.54. The molecular weight excluding hydrogens is 562 g/mol. The number of thiazole rings is 1. The molecule has 0 unspecified atom stereocenters. The van der Waals surface area contributed by atoms with Gasteiger partial charge in [0.2, 0.25) is 5.91 Å². The summed E-state index contributed by atoms with van der Waals surface area (Å²) >= 11 is 2.76. The van der Waals surface area contributed by atoms with Gasteiger partial charge in [-0.3, -0.25) is 30.0 Å². The second kappa shape index (κ2) is 13.8. The number of nitrogens with zero attached hydrogens (tertiary/aromatic N) is 1. The monoisotopic (exact) mass is 591 g/mol. The maximum atomic E-state index is 13.2. The minimum atomic E-state index is -0.954. The predicted molar refractivity (Wildman–Crippen MR) is 160 cm³/mol. The van der Waals surface area contributed by atoms with Crippen LogP contribution in [0.15, 0.2) is 77.1 Å². The smallest absolute Gasteiger partial charge is 0.261 e. The van der Waals surface area contributed by atoms with Gasteiger partial charge in [0.15, 0.2) is 4.34 Å². The molecule has 0 aliphatic rings. The van der Waals surface area contributed by atoms with Crippen LogP contribution in [0, 0.1) is 5.92 Å². The van der Waals surface area contributed by atoms with Crippen LogP contribution in [0.3, 0.4) is 0 Å². The van der Waals surface area contributed by atoms with E-state index >= 15 is 0 Å². The molecule has 0 spiro atoms. The van der Waals surface area contributed by atoms with Gasteiger partial charge >= 0.3 is 0 Å². The summed E-state index contributed by atoms with van der Waals surface area (Å²) in [6, 6.07) is 19.8. The Morgan fingerprint density at radius 2 is 1.61 bits per heavy atom. The van der Waals surface area contributed by atoms with Crippen LogP contribution in [0.25, 0.3) is 10.2 Å². The Kier molecular flexibility index (Phi) is 9.93. The highest BCUT2D eigenvalue weighted by Crippen LogP contribution is 2.29. The number of methoxy groups -OCH3 is 1. The number of hydrogen-bond acceptors (Lipinski definition) is 8. The second-order valence-corrected chi connectivity index (χ2v) is 11.5. The van der Waals surface area contributed by atoms with E-state index in [1.165, 1.54) is 30.2 Å². The minimum Gasteiger partial charge on any atom is -0.497 e. The van der Waals surface area contributed by atoms with Gasteiger partial charge in [-0.25, -0.2) is 4.98 Å². The van der Waals surface area contributed by atoms with Crippen molar-refractivity contribution in [3.63, 3.8) is 0 Å². The van der Waals surface area contributed by atoms with Gasteiger partial charge in [0.25, 0.3) is 17.7 Å². The minimum absolute atomic E-state index is 0.0556. The zero-order valence-corrected chi connectivity index (χ0v) is 24.2. The molecule has 4 rings (SSSR count). The summed E-state index contributed by atoms with van der Waals surface area (Å²) in [6.07, 6.45) is 0. The molecule has 12 heteroatoms. The van der Waals surface area contributed by atoms with Crippen molar-refractivity contribution in [2.75, 3.05) is 18.2 Å². The summed E-state index contributed by atoms with van der Waals surface area (Å²) in [4.78, 5) is 55.7. The van der Waals surface area contributed by atoms with Gasteiger partial charge in [0.1, 0.15) is 11.8 Å². The van der Waals surface area contributed by atoms with Crippen LogP contribution in [0.4, 0.5) is 5.69 Å². The van der Waals surface area contributed by atoms with E-state index in [1.807, 2.05) is 24.3 Å². The molecule has 212 valence electrons. The van der Waals surface area contributed by atoms with Crippen molar-refractivity contribution < 1.29 is 23.9 Å². The van der Waals surface area contributed by atoms with E-state index in [4.69, 9.17) is 4.74 Å². The van der Waals surface area contributed by atoms with Crippen LogP contribution in [-0.2, 0) is 9.59 Å². The van der Waals surface area contributed by atoms with E-state index in [2.05, 4.69) is 26.5 Å². The Balaban J connectivity index is 1.33. The van der Waals surface area contributed by atoms with Crippen molar-refractivity contribution in [2.45, 2.75) is 24.2 Å². The Bertz CT molecular complexity index is 1520. The number of amides is 4. The molecule has 0 fully saturated rings. The molecule has 4 amide bonds. The third kappa shape index (κ3) is 7.83. The fourth-order valence-corrected chi connectivity index (χ4v) is 5.63. The normalized spacial score (nSPS) is 11.5. The van der Waals surface area contributed by atoms with Crippen LogP contribution in [0.1, 0.15) is 34.6 Å². The van der Waals surface area contributed by atoms with Crippen molar-refractivity contribution in [2.24, 2.45) is 5.92 Å². The molecular formula is C29H29N5O5S2. The molecule has 4 N–H and O–H groups in total. The first-order chi connectivity index (χ1) is 19.7. The first-order valence-electron chi connectivity index (χ1n) is 12.7. The van der Waals surface area contributed by atoms with E-state index in [0.29, 0.717) is 11.3 Å². The maximum absolute atomic E-state index is 13.2. The predicted octanol–water partition coefficient (Wildman–Crippen LogP) is 4.25. The Hall–Kier alpha value is -4.42. The highest BCUT2D eigenvalue weighted by molar-refractivity contribution is 8.01. The number of rotatable bonds is 10. The van der Waals surface area contributed by atoms with Crippen molar-refractivity contribution in [1.29, 1.82) is 0 Å². The Morgan fingerprint density at radius 1 is 0.902 bits per heavy atom. The van der Waals surface area contributed by atoms with Gasteiger partial charge in [-0.1, -0.05) is 49.9 Å². The lowest BCUT2D eigenvalue weighted by molar-refractivity contribution is -0.129. The van der Waals surface area contributed by atoms with Gasteiger partial charge in [0, 0.05) is 5.56 Å². The van der Waals surface area contributed by atoms with E-state index < -0.39 is 29.7 Å². The van der Waals surface area contributed by atoms with E-state index in [-0.39, 0.29) is 22.9 Å². The van der Waals surface area contributed by atoms with Crippen LogP contribution in [-0.4, -0.2) is 47.5 Å². The van der Waals surface area contributed by atoms with Crippen LogP contribution in [0.5, 0.6) is 5.75 Å². The maximum Gasteiger partial charge on any atom is 0.261 e. The van der Waals surface area contributed by atoms with Gasteiger partial charge in [-0.2, -0.15) is 0 Å². The average molecular weight is 592 g/mol. The van der Waals surface area contributed by atoms with E-state index in [9.17, 15) is 19.2 Å². The highest BCUT2D eigenvalue weighted by atomic mass is 32.2. The van der Waals surface area contributed by atoms with Crippen molar-refractivity contribution >= 4 is 62.6 Å². The van der Waals surface area contributed by atoms with Gasteiger partial charge < -0.3 is 15.4 Å². The molecule has 0 saturated heterocycles. The van der Waals surface area contributed by atoms with E-state index in [1.54, 1.807) is 62.4 Å². The number of carbonyl (C=O) groups excluding carboxylic acids is 4. The largest absolute Gasteiger partial charge is 0.497 e. The van der Waals surface area contributed by atoms with Crippen LogP contribution < -0.4 is 26.2 Å². The molecule has 10 nitrogen and oxygen atoms in total. The second-order valence-electron chi connectivity index (χ2n) is 9.20. The molecule has 0 radical (unpaired) electrons. The third-order valence-corrected chi connectivity index (χ3v) is 8.11. The van der Waals surface area contributed by atoms with Gasteiger partial charge in [-0.15, -0.1) is 11.3 Å². The van der Waals surface area contributed by atoms with Crippen molar-refractivity contribution in [3.8, 4) is 5.75 Å². The molecule has 0 saturated carbocycles. The lowest BCUT2D eigenvalue weighted by Crippen LogP contribution is -2.54. The summed E-state index contributed by atoms with van der Waals surface area (Å²) in [5, 5.41) is 5.46. The zero-order valence-electron chi connectivity index (χ0n) is 22.6. The first kappa shape index (κ1) is 29.6. The number of ether oxygens (including phenoxy) is 1. The number of fused-ring (bicyclic) bond motifs is 1. The van der Waals surface area contributed by atoms with Gasteiger partial charge in [0.05, 0.1) is 34.3 Å². The molecule has 0 aliphatic heterocycles. The number of nitrogens with one attached hydrogen (secondary N) is 4. The van der Waals surface area contributed by atoms with E-state index in [0.717, 1.165) is 14.6 Å². The molecule has 3 aromatic carbocycles.